The van der Waals surface area contributed by atoms with Crippen LogP contribution < -0.4 is 10.6 Å². The van der Waals surface area contributed by atoms with E-state index in [9.17, 15) is 9.59 Å². The molecule has 1 atom stereocenters. The van der Waals surface area contributed by atoms with Gasteiger partial charge in [-0.3, -0.25) is 9.59 Å². The number of rotatable bonds is 8. The smallest absolute Gasteiger partial charge is 0.255 e. The summed E-state index contributed by atoms with van der Waals surface area (Å²) in [6, 6.07) is 14.7. The van der Waals surface area contributed by atoms with E-state index in [1.165, 1.54) is 0 Å². The highest BCUT2D eigenvalue weighted by Gasteiger charge is 2.16. The minimum Gasteiger partial charge on any atom is -0.326 e. The fraction of sp³-hybridized carbons (Fsp3) is 0.364. The summed E-state index contributed by atoms with van der Waals surface area (Å²) in [7, 11) is 0. The van der Waals surface area contributed by atoms with E-state index in [4.69, 9.17) is 0 Å². The molecule has 4 nitrogen and oxygen atoms in total. The SMILES string of the molecule is CCCCC(CC)C(=O)Nc1ccc(C(=O)Nc2ccccc2C)cc1. The molecule has 2 aromatic rings. The van der Waals surface area contributed by atoms with E-state index in [1.807, 2.05) is 38.1 Å². The summed E-state index contributed by atoms with van der Waals surface area (Å²) in [5.74, 6) is -0.0661. The van der Waals surface area contributed by atoms with Gasteiger partial charge in [-0.2, -0.15) is 0 Å². The molecule has 0 aliphatic carbocycles. The number of hydrogen-bond donors (Lipinski definition) is 2. The quantitative estimate of drug-likeness (QED) is 0.668. The second-order valence-corrected chi connectivity index (χ2v) is 6.58. The van der Waals surface area contributed by atoms with Gasteiger partial charge in [-0.1, -0.05) is 44.9 Å². The first-order valence-corrected chi connectivity index (χ1v) is 9.33. The summed E-state index contributed by atoms with van der Waals surface area (Å²) in [5.41, 5.74) is 3.10. The second-order valence-electron chi connectivity index (χ2n) is 6.58. The molecule has 0 aliphatic rings. The third kappa shape index (κ3) is 5.45. The molecule has 2 aromatic carbocycles. The van der Waals surface area contributed by atoms with Crippen molar-refractivity contribution in [2.45, 2.75) is 46.5 Å². The van der Waals surface area contributed by atoms with Crippen LogP contribution in [-0.2, 0) is 4.79 Å². The Bertz CT molecular complexity index is 738. The van der Waals surface area contributed by atoms with Crippen molar-refractivity contribution in [3.05, 3.63) is 59.7 Å². The molecule has 138 valence electrons. The molecule has 2 N–H and O–H groups in total. The van der Waals surface area contributed by atoms with Gasteiger partial charge in [-0.05, 0) is 55.7 Å². The van der Waals surface area contributed by atoms with Crippen LogP contribution in [0.5, 0.6) is 0 Å². The first kappa shape index (κ1) is 19.7. The Balaban J connectivity index is 1.98. The normalized spacial score (nSPS) is 11.7. The Morgan fingerprint density at radius 1 is 0.962 bits per heavy atom. The molecule has 1 unspecified atom stereocenters. The molecule has 0 aliphatic heterocycles. The fourth-order valence-electron chi connectivity index (χ4n) is 2.83. The highest BCUT2D eigenvalue weighted by molar-refractivity contribution is 6.05. The van der Waals surface area contributed by atoms with Crippen molar-refractivity contribution in [2.75, 3.05) is 10.6 Å². The third-order valence-corrected chi connectivity index (χ3v) is 4.58. The van der Waals surface area contributed by atoms with Crippen molar-refractivity contribution in [1.82, 2.24) is 0 Å². The highest BCUT2D eigenvalue weighted by atomic mass is 16.2. The van der Waals surface area contributed by atoms with Crippen LogP contribution in [0.1, 0.15) is 55.5 Å². The Hall–Kier alpha value is -2.62. The molecule has 0 radical (unpaired) electrons. The number of carbonyl (C=O) groups excluding carboxylic acids is 2. The van der Waals surface area contributed by atoms with Crippen molar-refractivity contribution in [3.8, 4) is 0 Å². The lowest BCUT2D eigenvalue weighted by molar-refractivity contribution is -0.120. The average Bonchev–Trinajstić information content (AvgIpc) is 2.65. The van der Waals surface area contributed by atoms with Crippen LogP contribution >= 0.6 is 0 Å². The predicted molar refractivity (Wildman–Crippen MR) is 108 cm³/mol. The lowest BCUT2D eigenvalue weighted by atomic mass is 9.98. The van der Waals surface area contributed by atoms with Crippen LogP contribution in [0.2, 0.25) is 0 Å². The summed E-state index contributed by atoms with van der Waals surface area (Å²) in [6.07, 6.45) is 3.90. The van der Waals surface area contributed by atoms with Crippen LogP contribution in [0, 0.1) is 12.8 Å². The number of benzene rings is 2. The molecule has 0 fully saturated rings. The van der Waals surface area contributed by atoms with Crippen LogP contribution in [0.15, 0.2) is 48.5 Å². The molecule has 0 saturated heterocycles. The van der Waals surface area contributed by atoms with Gasteiger partial charge in [0, 0.05) is 22.9 Å². The number of aryl methyl sites for hydroxylation is 1. The van der Waals surface area contributed by atoms with Gasteiger partial charge >= 0.3 is 0 Å². The van der Waals surface area contributed by atoms with Crippen molar-refractivity contribution in [2.24, 2.45) is 5.92 Å². The lowest BCUT2D eigenvalue weighted by Gasteiger charge is -2.15. The van der Waals surface area contributed by atoms with Gasteiger partial charge in [0.1, 0.15) is 0 Å². The monoisotopic (exact) mass is 352 g/mol. The summed E-state index contributed by atoms with van der Waals surface area (Å²) >= 11 is 0. The number of nitrogens with one attached hydrogen (secondary N) is 2. The Morgan fingerprint density at radius 3 is 2.27 bits per heavy atom. The van der Waals surface area contributed by atoms with Crippen LogP contribution in [0.4, 0.5) is 11.4 Å². The van der Waals surface area contributed by atoms with Gasteiger partial charge in [0.05, 0.1) is 0 Å². The number of carbonyl (C=O) groups is 2. The molecule has 0 spiro atoms. The largest absolute Gasteiger partial charge is 0.326 e. The summed E-state index contributed by atoms with van der Waals surface area (Å²) in [4.78, 5) is 24.7. The molecule has 2 amide bonds. The molecule has 2 rings (SSSR count). The van der Waals surface area contributed by atoms with E-state index < -0.39 is 0 Å². The van der Waals surface area contributed by atoms with E-state index in [2.05, 4.69) is 17.6 Å². The van der Waals surface area contributed by atoms with Gasteiger partial charge < -0.3 is 10.6 Å². The maximum absolute atomic E-state index is 12.4. The topological polar surface area (TPSA) is 58.2 Å². The first-order valence-electron chi connectivity index (χ1n) is 9.33. The van der Waals surface area contributed by atoms with E-state index in [0.717, 1.165) is 42.6 Å². The Kier molecular flexibility index (Phi) is 7.39. The average molecular weight is 352 g/mol. The first-order chi connectivity index (χ1) is 12.5. The molecular formula is C22H28N2O2. The molecule has 4 heteroatoms. The van der Waals surface area contributed by atoms with Crippen molar-refractivity contribution >= 4 is 23.2 Å². The van der Waals surface area contributed by atoms with E-state index in [1.54, 1.807) is 24.3 Å². The van der Waals surface area contributed by atoms with Gasteiger partial charge in [0.25, 0.3) is 5.91 Å². The van der Waals surface area contributed by atoms with Gasteiger partial charge in [-0.15, -0.1) is 0 Å². The number of para-hydroxylation sites is 1. The minimum absolute atomic E-state index is 0.0407. The molecule has 0 heterocycles. The van der Waals surface area contributed by atoms with Crippen LogP contribution in [-0.4, -0.2) is 11.8 Å². The van der Waals surface area contributed by atoms with E-state index in [-0.39, 0.29) is 17.7 Å². The minimum atomic E-state index is -0.161. The third-order valence-electron chi connectivity index (χ3n) is 4.58. The number of unbranched alkanes of at least 4 members (excludes halogenated alkanes) is 1. The standard InChI is InChI=1S/C22H28N2O2/c1-4-6-10-17(5-2)21(25)23-19-14-12-18(13-15-19)22(26)24-20-11-8-7-9-16(20)3/h7-9,11-15,17H,4-6,10H2,1-3H3,(H,23,25)(H,24,26). The maximum atomic E-state index is 12.4. The van der Waals surface area contributed by atoms with Gasteiger partial charge in [0.2, 0.25) is 5.91 Å². The lowest BCUT2D eigenvalue weighted by Crippen LogP contribution is -2.22. The van der Waals surface area contributed by atoms with Gasteiger partial charge in [0.15, 0.2) is 0 Å². The number of anilines is 2. The van der Waals surface area contributed by atoms with Crippen LogP contribution in [0.25, 0.3) is 0 Å². The van der Waals surface area contributed by atoms with Crippen LogP contribution in [0.3, 0.4) is 0 Å². The maximum Gasteiger partial charge on any atom is 0.255 e. The molecule has 0 aromatic heterocycles. The fourth-order valence-corrected chi connectivity index (χ4v) is 2.83. The highest BCUT2D eigenvalue weighted by Crippen LogP contribution is 2.18. The molecule has 26 heavy (non-hydrogen) atoms. The zero-order valence-electron chi connectivity index (χ0n) is 15.8. The van der Waals surface area contributed by atoms with Crippen molar-refractivity contribution in [3.63, 3.8) is 0 Å². The molecule has 0 bridgehead atoms. The summed E-state index contributed by atoms with van der Waals surface area (Å²) in [6.45, 7) is 6.13. The number of amides is 2. The summed E-state index contributed by atoms with van der Waals surface area (Å²) in [5, 5.41) is 5.87. The zero-order chi connectivity index (χ0) is 18.9. The van der Waals surface area contributed by atoms with E-state index >= 15 is 0 Å². The van der Waals surface area contributed by atoms with Gasteiger partial charge in [-0.25, -0.2) is 0 Å². The zero-order valence-corrected chi connectivity index (χ0v) is 15.8. The molecule has 0 saturated carbocycles. The van der Waals surface area contributed by atoms with Crippen molar-refractivity contribution < 1.29 is 9.59 Å². The number of hydrogen-bond acceptors (Lipinski definition) is 2. The predicted octanol–water partition coefficient (Wildman–Crippen LogP) is 5.40. The van der Waals surface area contributed by atoms with Crippen molar-refractivity contribution in [1.29, 1.82) is 0 Å². The molecular weight excluding hydrogens is 324 g/mol. The second kappa shape index (κ2) is 9.76. The Labute approximate surface area is 156 Å². The van der Waals surface area contributed by atoms with E-state index in [0.29, 0.717) is 5.56 Å². The summed E-state index contributed by atoms with van der Waals surface area (Å²) < 4.78 is 0. The Morgan fingerprint density at radius 2 is 1.65 bits per heavy atom.